The summed E-state index contributed by atoms with van der Waals surface area (Å²) in [7, 11) is 0. The normalized spacial score (nSPS) is 19.9. The Labute approximate surface area is 72.0 Å². The molecule has 0 unspecified atom stereocenters. The molecule has 0 N–H and O–H groups in total. The van der Waals surface area contributed by atoms with Crippen LogP contribution in [-0.2, 0) is 0 Å². The van der Waals surface area contributed by atoms with E-state index in [1.165, 1.54) is 16.7 Å². The lowest BCUT2D eigenvalue weighted by Gasteiger charge is -1.92. The molecule has 0 aliphatic heterocycles. The molecular formula is C11H9N. The lowest BCUT2D eigenvalue weighted by atomic mass is 10.1. The molecule has 2 rings (SSSR count). The van der Waals surface area contributed by atoms with Crippen LogP contribution in [0.5, 0.6) is 0 Å². The van der Waals surface area contributed by atoms with Crippen LogP contribution in [-0.4, -0.2) is 0 Å². The topological polar surface area (TPSA) is 23.8 Å². The smallest absolute Gasteiger partial charge is 0.0994 e. The Bertz CT molecular complexity index is 409. The van der Waals surface area contributed by atoms with Gasteiger partial charge in [0.25, 0.3) is 0 Å². The predicted octanol–water partition coefficient (Wildman–Crippen LogP) is 2.65. The Morgan fingerprint density at radius 1 is 1.17 bits per heavy atom. The second-order valence-electron chi connectivity index (χ2n) is 3.19. The van der Waals surface area contributed by atoms with Gasteiger partial charge in [0.05, 0.1) is 11.6 Å². The Kier molecular flexibility index (Phi) is 1.31. The van der Waals surface area contributed by atoms with Gasteiger partial charge in [-0.15, -0.1) is 0 Å². The third kappa shape index (κ3) is 0.931. The van der Waals surface area contributed by atoms with Gasteiger partial charge < -0.3 is 0 Å². The molecule has 2 aliphatic carbocycles. The lowest BCUT2D eigenvalue weighted by molar-refractivity contribution is 1.40. The molecular weight excluding hydrogens is 146 g/mol. The van der Waals surface area contributed by atoms with E-state index in [-0.39, 0.29) is 0 Å². The first-order valence-electron chi connectivity index (χ1n) is 3.96. The molecule has 0 bridgehead atoms. The van der Waals surface area contributed by atoms with Gasteiger partial charge in [-0.05, 0) is 48.3 Å². The van der Waals surface area contributed by atoms with Crippen LogP contribution >= 0.6 is 0 Å². The van der Waals surface area contributed by atoms with Crippen molar-refractivity contribution in [3.8, 4) is 6.07 Å². The summed E-state index contributed by atoms with van der Waals surface area (Å²) in [6.45, 7) is 4.02. The maximum Gasteiger partial charge on any atom is 0.0994 e. The number of rotatable bonds is 0. The van der Waals surface area contributed by atoms with Crippen molar-refractivity contribution in [2.24, 2.45) is 0 Å². The number of hydrogen-bond donors (Lipinski definition) is 0. The summed E-state index contributed by atoms with van der Waals surface area (Å²) in [4.78, 5) is 0. The van der Waals surface area contributed by atoms with Gasteiger partial charge in [0, 0.05) is 0 Å². The summed E-state index contributed by atoms with van der Waals surface area (Å²) in [5.41, 5.74) is 5.64. The molecule has 58 valence electrons. The molecule has 0 atom stereocenters. The van der Waals surface area contributed by atoms with Crippen molar-refractivity contribution in [3.63, 3.8) is 0 Å². The van der Waals surface area contributed by atoms with Crippen molar-refractivity contribution in [3.05, 3.63) is 46.1 Å². The quantitative estimate of drug-likeness (QED) is 0.527. The highest BCUT2D eigenvalue weighted by Gasteiger charge is 2.20. The predicted molar refractivity (Wildman–Crippen MR) is 48.2 cm³/mol. The van der Waals surface area contributed by atoms with Crippen molar-refractivity contribution in [1.29, 1.82) is 5.26 Å². The number of fused-ring (bicyclic) bond motifs is 1. The molecule has 0 saturated carbocycles. The van der Waals surface area contributed by atoms with Crippen molar-refractivity contribution in [2.75, 3.05) is 0 Å². The van der Waals surface area contributed by atoms with Gasteiger partial charge in [0.15, 0.2) is 0 Å². The zero-order chi connectivity index (χ0) is 8.72. The Balaban J connectivity index is 2.54. The first kappa shape index (κ1) is 7.12. The highest BCUT2D eigenvalue weighted by Crippen LogP contribution is 2.38. The SMILES string of the molecule is CC1=CC(C#N)=C(C)C=C2C=C12. The molecule has 1 heteroatoms. The van der Waals surface area contributed by atoms with E-state index in [1.54, 1.807) is 0 Å². The van der Waals surface area contributed by atoms with E-state index in [0.29, 0.717) is 0 Å². The Hall–Kier alpha value is -1.55. The Morgan fingerprint density at radius 2 is 1.92 bits per heavy atom. The number of hydrogen-bond acceptors (Lipinski definition) is 1. The highest BCUT2D eigenvalue weighted by molar-refractivity contribution is 5.72. The van der Waals surface area contributed by atoms with Gasteiger partial charge in [-0.25, -0.2) is 0 Å². The number of allylic oxidation sites excluding steroid dienone is 8. The van der Waals surface area contributed by atoms with Gasteiger partial charge >= 0.3 is 0 Å². The largest absolute Gasteiger partial charge is 0.192 e. The maximum absolute atomic E-state index is 8.80. The minimum absolute atomic E-state index is 0.785. The van der Waals surface area contributed by atoms with Gasteiger partial charge in [0.2, 0.25) is 0 Å². The van der Waals surface area contributed by atoms with Crippen molar-refractivity contribution >= 4 is 0 Å². The van der Waals surface area contributed by atoms with E-state index < -0.39 is 0 Å². The van der Waals surface area contributed by atoms with E-state index in [2.05, 4.69) is 18.2 Å². The van der Waals surface area contributed by atoms with Gasteiger partial charge in [0.1, 0.15) is 0 Å². The molecule has 0 amide bonds. The number of nitrogens with zero attached hydrogens (tertiary/aromatic N) is 1. The second-order valence-corrected chi connectivity index (χ2v) is 3.19. The average molecular weight is 155 g/mol. The summed E-state index contributed by atoms with van der Waals surface area (Å²) < 4.78 is 0. The first-order valence-corrected chi connectivity index (χ1v) is 3.96. The minimum Gasteiger partial charge on any atom is -0.192 e. The zero-order valence-corrected chi connectivity index (χ0v) is 7.18. The summed E-state index contributed by atoms with van der Waals surface area (Å²) in [5.74, 6) is 0. The fourth-order valence-corrected chi connectivity index (χ4v) is 1.42. The first-order chi connectivity index (χ1) is 5.72. The van der Waals surface area contributed by atoms with E-state index in [0.717, 1.165) is 11.1 Å². The highest BCUT2D eigenvalue weighted by atomic mass is 14.3. The minimum atomic E-state index is 0.785. The fraction of sp³-hybridized carbons (Fsp3) is 0.182. The van der Waals surface area contributed by atoms with Crippen LogP contribution in [0.4, 0.5) is 0 Å². The van der Waals surface area contributed by atoms with Crippen LogP contribution in [0.2, 0.25) is 0 Å². The van der Waals surface area contributed by atoms with Crippen LogP contribution in [0, 0.1) is 11.3 Å². The molecule has 0 aromatic heterocycles. The standard InChI is InChI=1S/C11H9N/c1-7-3-9-5-11(9)8(2)4-10(7)6-12/h3-5H,1-2H3. The molecule has 0 aromatic carbocycles. The third-order valence-corrected chi connectivity index (χ3v) is 2.23. The van der Waals surface area contributed by atoms with Crippen LogP contribution in [0.25, 0.3) is 0 Å². The molecule has 0 fully saturated rings. The van der Waals surface area contributed by atoms with Crippen LogP contribution < -0.4 is 0 Å². The summed E-state index contributed by atoms with van der Waals surface area (Å²) in [6, 6.07) is 2.20. The average Bonchev–Trinajstić information content (AvgIpc) is 2.77. The molecule has 12 heavy (non-hydrogen) atoms. The second kappa shape index (κ2) is 2.22. The molecule has 0 aromatic rings. The Morgan fingerprint density at radius 3 is 2.58 bits per heavy atom. The van der Waals surface area contributed by atoms with Crippen molar-refractivity contribution in [1.82, 2.24) is 0 Å². The van der Waals surface area contributed by atoms with Crippen molar-refractivity contribution in [2.45, 2.75) is 13.8 Å². The summed E-state index contributed by atoms with van der Waals surface area (Å²) >= 11 is 0. The van der Waals surface area contributed by atoms with Gasteiger partial charge in [-0.2, -0.15) is 5.26 Å². The maximum atomic E-state index is 8.80. The van der Waals surface area contributed by atoms with Crippen LogP contribution in [0.1, 0.15) is 13.8 Å². The van der Waals surface area contributed by atoms with E-state index in [9.17, 15) is 0 Å². The molecule has 0 radical (unpaired) electrons. The molecule has 0 spiro atoms. The van der Waals surface area contributed by atoms with Gasteiger partial charge in [-0.3, -0.25) is 0 Å². The third-order valence-electron chi connectivity index (χ3n) is 2.23. The van der Waals surface area contributed by atoms with E-state index in [4.69, 9.17) is 5.26 Å². The van der Waals surface area contributed by atoms with E-state index >= 15 is 0 Å². The molecule has 0 saturated heterocycles. The molecule has 0 heterocycles. The summed E-state index contributed by atoms with van der Waals surface area (Å²) in [6.07, 6.45) is 6.17. The fourth-order valence-electron chi connectivity index (χ4n) is 1.42. The zero-order valence-electron chi connectivity index (χ0n) is 7.18. The van der Waals surface area contributed by atoms with Gasteiger partial charge in [-0.1, -0.05) is 6.08 Å². The molecule has 2 aliphatic rings. The van der Waals surface area contributed by atoms with Crippen LogP contribution in [0.3, 0.4) is 0 Å². The van der Waals surface area contributed by atoms with Crippen molar-refractivity contribution < 1.29 is 0 Å². The summed E-state index contributed by atoms with van der Waals surface area (Å²) in [5, 5.41) is 8.80. The van der Waals surface area contributed by atoms with E-state index in [1.807, 2.05) is 19.9 Å². The lowest BCUT2D eigenvalue weighted by Crippen LogP contribution is -1.78. The number of nitriles is 1. The van der Waals surface area contributed by atoms with Crippen LogP contribution in [0.15, 0.2) is 46.1 Å². The monoisotopic (exact) mass is 155 g/mol. The molecule has 1 nitrogen and oxygen atoms in total.